The Kier molecular flexibility index (Phi) is 7.28. The molecular weight excluding hydrogens is 829 g/mol. The number of para-hydroxylation sites is 3. The number of hydrogen-bond acceptors (Lipinski definition) is 2. The molecule has 0 fully saturated rings. The van der Waals surface area contributed by atoms with Crippen LogP contribution in [0, 0.1) is 0 Å². The number of rotatable bonds is 3. The van der Waals surface area contributed by atoms with Crippen LogP contribution < -0.4 is 5.73 Å². The molecule has 2 aliphatic carbocycles. The third-order valence-corrected chi connectivity index (χ3v) is 16.9. The number of benzene rings is 10. The summed E-state index contributed by atoms with van der Waals surface area (Å²) in [6, 6.07) is 77.7. The normalized spacial score (nSPS) is 15.9. The lowest BCUT2D eigenvalue weighted by atomic mass is 9.65. The van der Waals surface area contributed by atoms with E-state index in [1.54, 1.807) is 0 Å². The van der Waals surface area contributed by atoms with Gasteiger partial charge in [-0.2, -0.15) is 0 Å². The third-order valence-electron chi connectivity index (χ3n) is 15.8. The van der Waals surface area contributed by atoms with Crippen molar-refractivity contribution in [3.8, 4) is 61.3 Å². The summed E-state index contributed by atoms with van der Waals surface area (Å²) in [6.07, 6.45) is 0. The van der Waals surface area contributed by atoms with Crippen LogP contribution in [0.15, 0.2) is 206 Å². The molecule has 0 bridgehead atoms. The number of nitrogens with zero attached hydrogens (tertiary/aromatic N) is 1. The van der Waals surface area contributed by atoms with Crippen LogP contribution in [-0.4, -0.2) is 4.57 Å². The Morgan fingerprint density at radius 1 is 0.388 bits per heavy atom. The van der Waals surface area contributed by atoms with Gasteiger partial charge < -0.3 is 10.3 Å². The van der Waals surface area contributed by atoms with E-state index in [0.717, 1.165) is 22.4 Å². The number of anilines is 1. The van der Waals surface area contributed by atoms with Gasteiger partial charge in [-0.05, 0) is 132 Å². The maximum absolute atomic E-state index is 7.26. The smallest absolute Gasteiger partial charge is 0.0754 e. The van der Waals surface area contributed by atoms with Gasteiger partial charge in [0, 0.05) is 47.6 Å². The Labute approximate surface area is 392 Å². The highest BCUT2D eigenvalue weighted by atomic mass is 32.1. The standard InChI is InChI=1S/C64H42N2S/c1-63(2)49-20-6-3-14-41(49)42-31-28-39(36-54(42)63)40-17-11-22-51-60(40)61-45(47-34-37(29-32-55(47)65)38-30-33-59-48(35-38)44-16-5-10-27-58(44)67-59)18-12-23-52(61)64(51)50-21-7-9-26-57(50)66-56-25-8-4-15-43(56)46-19-13-24-53(64)62(46)66/h3-36H,65H2,1-2H3. The average molecular weight is 871 g/mol. The highest BCUT2D eigenvalue weighted by Crippen LogP contribution is 2.64. The van der Waals surface area contributed by atoms with Crippen molar-refractivity contribution in [2.45, 2.75) is 24.7 Å². The summed E-state index contributed by atoms with van der Waals surface area (Å²) in [5.74, 6) is 0. The summed E-state index contributed by atoms with van der Waals surface area (Å²) in [5.41, 5.74) is 31.1. The fraction of sp³-hybridized carbons (Fsp3) is 0.0625. The minimum absolute atomic E-state index is 0.136. The zero-order valence-electron chi connectivity index (χ0n) is 37.1. The van der Waals surface area contributed by atoms with Gasteiger partial charge in [-0.25, -0.2) is 0 Å². The van der Waals surface area contributed by atoms with E-state index >= 15 is 0 Å². The molecule has 3 heterocycles. The van der Waals surface area contributed by atoms with Crippen molar-refractivity contribution in [1.82, 2.24) is 4.57 Å². The Morgan fingerprint density at radius 3 is 1.87 bits per heavy atom. The van der Waals surface area contributed by atoms with E-state index in [0.29, 0.717) is 0 Å². The Hall–Kier alpha value is -7.98. The number of hydrogen-bond donors (Lipinski definition) is 1. The first kappa shape index (κ1) is 37.3. The molecule has 15 rings (SSSR count). The maximum atomic E-state index is 7.26. The summed E-state index contributed by atoms with van der Waals surface area (Å²) in [7, 11) is 0. The molecule has 1 spiro atoms. The Balaban J connectivity index is 1.04. The SMILES string of the molecule is CC1(C)c2ccccc2-c2ccc(-c3cccc4c3-c3c(-c5cc(-c6ccc7sc8ccccc8c7c6)ccc5N)cccc3C43c4ccccc4-n4c5ccccc5c5cccc3c54)cc21. The molecule has 3 heteroatoms. The van der Waals surface area contributed by atoms with E-state index < -0.39 is 5.41 Å². The molecule has 12 aromatic rings. The molecule has 1 aliphatic heterocycles. The second kappa shape index (κ2) is 13.1. The largest absolute Gasteiger partial charge is 0.398 e. The third kappa shape index (κ3) is 4.69. The summed E-state index contributed by atoms with van der Waals surface area (Å²) in [4.78, 5) is 0. The van der Waals surface area contributed by atoms with Gasteiger partial charge in [0.25, 0.3) is 0 Å². The molecule has 0 radical (unpaired) electrons. The van der Waals surface area contributed by atoms with E-state index in [9.17, 15) is 0 Å². The van der Waals surface area contributed by atoms with Crippen molar-refractivity contribution in [2.24, 2.45) is 0 Å². The Bertz CT molecular complexity index is 4160. The second-order valence-electron chi connectivity index (χ2n) is 19.3. The van der Waals surface area contributed by atoms with Crippen LogP contribution in [0.25, 0.3) is 103 Å². The van der Waals surface area contributed by atoms with Crippen molar-refractivity contribution in [3.63, 3.8) is 0 Å². The first-order valence-electron chi connectivity index (χ1n) is 23.4. The van der Waals surface area contributed by atoms with E-state index in [1.807, 2.05) is 11.3 Å². The lowest BCUT2D eigenvalue weighted by Gasteiger charge is -2.39. The van der Waals surface area contributed by atoms with Gasteiger partial charge in [-0.15, -0.1) is 11.3 Å². The average Bonchev–Trinajstić information content (AvgIpc) is 4.08. The van der Waals surface area contributed by atoms with E-state index in [1.165, 1.54) is 120 Å². The first-order valence-corrected chi connectivity index (χ1v) is 24.2. The van der Waals surface area contributed by atoms with E-state index in [2.05, 4.69) is 225 Å². The molecule has 2 aromatic heterocycles. The Morgan fingerprint density at radius 2 is 0.985 bits per heavy atom. The minimum atomic E-state index is -0.624. The summed E-state index contributed by atoms with van der Waals surface area (Å²) in [6.45, 7) is 4.76. The van der Waals surface area contributed by atoms with Crippen LogP contribution in [-0.2, 0) is 10.8 Å². The zero-order valence-corrected chi connectivity index (χ0v) is 37.9. The number of fused-ring (bicyclic) bond motifs is 18. The van der Waals surface area contributed by atoms with Crippen molar-refractivity contribution in [3.05, 3.63) is 240 Å². The van der Waals surface area contributed by atoms with Gasteiger partial charge in [-0.3, -0.25) is 0 Å². The van der Waals surface area contributed by atoms with Crippen molar-refractivity contribution in [2.75, 3.05) is 5.73 Å². The summed E-state index contributed by atoms with van der Waals surface area (Å²) < 4.78 is 5.14. The van der Waals surface area contributed by atoms with Gasteiger partial charge in [0.05, 0.1) is 22.1 Å². The fourth-order valence-electron chi connectivity index (χ4n) is 12.9. The van der Waals surface area contributed by atoms with Crippen LogP contribution in [0.5, 0.6) is 0 Å². The molecule has 1 atom stereocenters. The van der Waals surface area contributed by atoms with Gasteiger partial charge in [-0.1, -0.05) is 172 Å². The van der Waals surface area contributed by atoms with Gasteiger partial charge in [0.2, 0.25) is 0 Å². The molecule has 67 heavy (non-hydrogen) atoms. The quantitative estimate of drug-likeness (QED) is 0.176. The fourth-order valence-corrected chi connectivity index (χ4v) is 14.0. The van der Waals surface area contributed by atoms with Crippen LogP contribution in [0.2, 0.25) is 0 Å². The van der Waals surface area contributed by atoms with Crippen LogP contribution in [0.3, 0.4) is 0 Å². The minimum Gasteiger partial charge on any atom is -0.398 e. The van der Waals surface area contributed by atoms with E-state index in [4.69, 9.17) is 5.73 Å². The molecule has 314 valence electrons. The predicted molar refractivity (Wildman–Crippen MR) is 283 cm³/mol. The van der Waals surface area contributed by atoms with Gasteiger partial charge in [0.15, 0.2) is 0 Å². The molecular formula is C64H42N2S. The van der Waals surface area contributed by atoms with Gasteiger partial charge in [0.1, 0.15) is 0 Å². The lowest BCUT2D eigenvalue weighted by Crippen LogP contribution is -2.33. The van der Waals surface area contributed by atoms with Crippen molar-refractivity contribution >= 4 is 59.0 Å². The highest BCUT2D eigenvalue weighted by molar-refractivity contribution is 7.25. The van der Waals surface area contributed by atoms with E-state index in [-0.39, 0.29) is 5.41 Å². The molecule has 0 amide bonds. The zero-order chi connectivity index (χ0) is 44.3. The number of nitrogens with two attached hydrogens (primary N) is 1. The molecule has 0 saturated heterocycles. The van der Waals surface area contributed by atoms with Crippen LogP contribution in [0.1, 0.15) is 47.2 Å². The number of aromatic nitrogens is 1. The first-order chi connectivity index (χ1) is 32.9. The number of nitrogen functional groups attached to an aromatic ring is 1. The van der Waals surface area contributed by atoms with Crippen molar-refractivity contribution in [1.29, 1.82) is 0 Å². The second-order valence-corrected chi connectivity index (χ2v) is 20.4. The molecule has 2 nitrogen and oxygen atoms in total. The number of thiophene rings is 1. The topological polar surface area (TPSA) is 30.9 Å². The predicted octanol–water partition coefficient (Wildman–Crippen LogP) is 16.7. The monoisotopic (exact) mass is 870 g/mol. The summed E-state index contributed by atoms with van der Waals surface area (Å²) >= 11 is 1.86. The van der Waals surface area contributed by atoms with Crippen molar-refractivity contribution < 1.29 is 0 Å². The molecule has 1 unspecified atom stereocenters. The van der Waals surface area contributed by atoms with Crippen LogP contribution >= 0.6 is 11.3 Å². The highest BCUT2D eigenvalue weighted by Gasteiger charge is 2.52. The molecule has 0 saturated carbocycles. The molecule has 2 N–H and O–H groups in total. The lowest BCUT2D eigenvalue weighted by molar-refractivity contribution is 0.660. The summed E-state index contributed by atoms with van der Waals surface area (Å²) in [5, 5.41) is 5.14. The molecule has 3 aliphatic rings. The van der Waals surface area contributed by atoms with Crippen LogP contribution in [0.4, 0.5) is 5.69 Å². The van der Waals surface area contributed by atoms with Gasteiger partial charge >= 0.3 is 0 Å². The molecule has 10 aromatic carbocycles. The maximum Gasteiger partial charge on any atom is 0.0754 e.